The van der Waals surface area contributed by atoms with E-state index in [-0.39, 0.29) is 0 Å². The van der Waals surface area contributed by atoms with Gasteiger partial charge in [-0.1, -0.05) is 89.0 Å². The molecule has 9 unspecified atom stereocenters. The quantitative estimate of drug-likeness (QED) is 0.0252. The summed E-state index contributed by atoms with van der Waals surface area (Å²) < 4.78 is 0. The maximum Gasteiger partial charge on any atom is 0.0464 e. The second-order valence-electron chi connectivity index (χ2n) is 34.1. The minimum absolute atomic E-state index is 0.313. The molecule has 0 saturated heterocycles. The van der Waals surface area contributed by atoms with Crippen LogP contribution in [0.5, 0.6) is 0 Å². The number of aliphatic hydroxyl groups excluding tert-OH is 9. The van der Waals surface area contributed by atoms with Crippen LogP contribution in [0.25, 0.3) is 0 Å². The Morgan fingerprint density at radius 2 is 0.364 bits per heavy atom. The Morgan fingerprint density at radius 3 is 0.485 bits per heavy atom. The molecule has 0 bridgehead atoms. The predicted octanol–water partition coefficient (Wildman–Crippen LogP) is 10.8. The topological polar surface area (TPSA) is 416 Å². The Balaban J connectivity index is 0. The van der Waals surface area contributed by atoms with Crippen LogP contribution in [0.15, 0.2) is 0 Å². The van der Waals surface area contributed by atoms with Gasteiger partial charge < -0.3 is 97.6 Å². The van der Waals surface area contributed by atoms with Crippen LogP contribution in [0.2, 0.25) is 0 Å². The molecule has 0 radical (unpaired) electrons. The van der Waals surface area contributed by atoms with Gasteiger partial charge in [0.25, 0.3) is 0 Å². The second kappa shape index (κ2) is 55.7. The molecule has 18 nitrogen and oxygen atoms in total. The van der Waals surface area contributed by atoms with Gasteiger partial charge in [-0.15, -0.1) is 0 Å². The highest BCUT2D eigenvalue weighted by atomic mass is 16.3. The molecule has 0 heterocycles. The van der Waals surface area contributed by atoms with Gasteiger partial charge in [-0.25, -0.2) is 0 Å². The molecule has 0 aromatic rings. The molecule has 0 spiro atoms. The van der Waals surface area contributed by atoms with Gasteiger partial charge >= 0.3 is 0 Å². The Kier molecular flexibility index (Phi) is 56.4. The van der Waals surface area contributed by atoms with Gasteiger partial charge in [0.1, 0.15) is 0 Å². The van der Waals surface area contributed by atoms with Crippen molar-refractivity contribution in [1.82, 2.24) is 0 Å². The van der Waals surface area contributed by atoms with Gasteiger partial charge in [0.05, 0.1) is 0 Å². The summed E-state index contributed by atoms with van der Waals surface area (Å²) in [5, 5.41) is 81.4. The number of nitrogens with two attached hydrogens (primary N) is 9. The molecule has 0 amide bonds. The lowest BCUT2D eigenvalue weighted by atomic mass is 9.87. The molecular weight excluding hydrogens is 1240 g/mol. The third-order valence-corrected chi connectivity index (χ3v) is 25.7. The lowest BCUT2D eigenvalue weighted by Gasteiger charge is -2.20. The molecule has 8 aliphatic rings. The summed E-state index contributed by atoms with van der Waals surface area (Å²) in [5.41, 5.74) is 52.3. The van der Waals surface area contributed by atoms with E-state index in [2.05, 4.69) is 62.3 Å². The van der Waals surface area contributed by atoms with E-state index in [0.29, 0.717) is 163 Å². The summed E-state index contributed by atoms with van der Waals surface area (Å²) in [6.07, 6.45) is 41.2. The standard InChI is InChI=1S/C10H21NO.6C9H19NO.C8H17NO.C7H17NO.C2H6/c1-10(5-6-10)9(8-12)4-2-3-7-11;6*1-9(4-5-9)8(7-11)3-2-6-10;1-8(3-4-8)7(6-10)2-5-9;1-2-7(6-9)4-3-5-8;1-2/h9,12H,2-8,11H2,1H3;6*8,11H,2-7,10H2,1H3;7,10H,2-6,9H2,1H3;7,9H,2-6,8H2,1H3;1-2H3. The van der Waals surface area contributed by atoms with Crippen molar-refractivity contribution in [1.29, 1.82) is 0 Å². The van der Waals surface area contributed by atoms with E-state index < -0.39 is 0 Å². The zero-order valence-electron chi connectivity index (χ0n) is 66.9. The summed E-state index contributed by atoms with van der Waals surface area (Å²) in [4.78, 5) is 0. The number of aliphatic hydroxyl groups is 9. The molecule has 0 aromatic carbocycles. The average Bonchev–Trinajstić information content (AvgIpc) is 1.78. The highest BCUT2D eigenvalue weighted by Gasteiger charge is 2.48. The fraction of sp³-hybridized carbons (Fsp3) is 1.00. The third kappa shape index (κ3) is 43.0. The summed E-state index contributed by atoms with van der Waals surface area (Å²) in [7, 11) is 0. The Labute approximate surface area is 610 Å². The summed E-state index contributed by atoms with van der Waals surface area (Å²) in [6.45, 7) is 34.1. The number of hydrogen-bond donors (Lipinski definition) is 18. The predicted molar refractivity (Wildman–Crippen MR) is 420 cm³/mol. The smallest absolute Gasteiger partial charge is 0.0464 e. The fourth-order valence-corrected chi connectivity index (χ4v) is 13.9. The van der Waals surface area contributed by atoms with Gasteiger partial charge in [-0.05, 0) is 367 Å². The first kappa shape index (κ1) is 100. The normalized spacial score (nSPS) is 21.9. The number of rotatable bonds is 45. The van der Waals surface area contributed by atoms with Crippen LogP contribution in [-0.2, 0) is 0 Å². The highest BCUT2D eigenvalue weighted by Crippen LogP contribution is 2.57. The lowest BCUT2D eigenvalue weighted by molar-refractivity contribution is 0.159. The Bertz CT molecular complexity index is 1590. The molecule has 9 atom stereocenters. The summed E-state index contributed by atoms with van der Waals surface area (Å²) in [6, 6.07) is 0. The van der Waals surface area contributed by atoms with E-state index in [1.807, 2.05) is 13.8 Å². The first-order valence-electron chi connectivity index (χ1n) is 41.0. The molecule has 0 aromatic heterocycles. The van der Waals surface area contributed by atoms with Gasteiger partial charge in [0.2, 0.25) is 0 Å². The van der Waals surface area contributed by atoms with E-state index in [1.165, 1.54) is 109 Å². The largest absolute Gasteiger partial charge is 0.396 e. The third-order valence-electron chi connectivity index (χ3n) is 25.7. The van der Waals surface area contributed by atoms with Gasteiger partial charge in [-0.2, -0.15) is 0 Å². The van der Waals surface area contributed by atoms with Crippen LogP contribution in [0.4, 0.5) is 0 Å². The molecular formula is C81H175N9O9. The highest BCUT2D eigenvalue weighted by molar-refractivity contribution is 4.99. The van der Waals surface area contributed by atoms with Crippen LogP contribution in [0, 0.1) is 96.6 Å². The van der Waals surface area contributed by atoms with E-state index in [4.69, 9.17) is 97.6 Å². The molecule has 27 N–H and O–H groups in total. The van der Waals surface area contributed by atoms with Crippen molar-refractivity contribution in [3.05, 3.63) is 0 Å². The van der Waals surface area contributed by atoms with Crippen molar-refractivity contribution in [2.24, 2.45) is 148 Å². The summed E-state index contributed by atoms with van der Waals surface area (Å²) in [5.74, 6) is 4.50. The molecule has 8 saturated carbocycles. The molecule has 99 heavy (non-hydrogen) atoms. The molecule has 8 fully saturated rings. The molecule has 8 rings (SSSR count). The Hall–Kier alpha value is -0.720. The monoisotopic (exact) mass is 1420 g/mol. The minimum Gasteiger partial charge on any atom is -0.396 e. The zero-order valence-corrected chi connectivity index (χ0v) is 66.9. The van der Waals surface area contributed by atoms with Crippen LogP contribution in [-0.4, -0.2) is 164 Å². The number of unbranched alkanes of at least 4 members (excludes halogenated alkanes) is 1. The molecule has 598 valence electrons. The second-order valence-corrected chi connectivity index (χ2v) is 34.1. The summed E-state index contributed by atoms with van der Waals surface area (Å²) >= 11 is 0. The van der Waals surface area contributed by atoms with Crippen LogP contribution >= 0.6 is 0 Å². The van der Waals surface area contributed by atoms with Crippen LogP contribution in [0.1, 0.15) is 301 Å². The molecule has 18 heteroatoms. The van der Waals surface area contributed by atoms with E-state index in [9.17, 15) is 0 Å². The van der Waals surface area contributed by atoms with Crippen LogP contribution in [0.3, 0.4) is 0 Å². The fourth-order valence-electron chi connectivity index (χ4n) is 13.9. The van der Waals surface area contributed by atoms with E-state index >= 15 is 0 Å². The minimum atomic E-state index is 0.313. The first-order chi connectivity index (χ1) is 47.2. The van der Waals surface area contributed by atoms with E-state index in [0.717, 1.165) is 168 Å². The first-order valence-corrected chi connectivity index (χ1v) is 41.0. The average molecular weight is 1420 g/mol. The van der Waals surface area contributed by atoms with Gasteiger partial charge in [-0.3, -0.25) is 0 Å². The number of hydrogen-bond acceptors (Lipinski definition) is 18. The van der Waals surface area contributed by atoms with Crippen LogP contribution < -0.4 is 51.6 Å². The maximum absolute atomic E-state index is 9.17. The van der Waals surface area contributed by atoms with Crippen molar-refractivity contribution >= 4 is 0 Å². The zero-order chi connectivity index (χ0) is 75.7. The van der Waals surface area contributed by atoms with E-state index in [1.54, 1.807) is 0 Å². The molecule has 0 aliphatic heterocycles. The van der Waals surface area contributed by atoms with Gasteiger partial charge in [0.15, 0.2) is 0 Å². The maximum atomic E-state index is 9.17. The van der Waals surface area contributed by atoms with Gasteiger partial charge in [0, 0.05) is 59.5 Å². The SMILES string of the molecule is CC.CC1(C(CO)CCCCN)CC1.CC1(C(CO)CCCN)CC1.CC1(C(CO)CCCN)CC1.CC1(C(CO)CCCN)CC1.CC1(C(CO)CCCN)CC1.CC1(C(CO)CCCN)CC1.CC1(C(CO)CCCN)CC1.CC1(C(CO)CCN)CC1.CCC(CO)CCCN. The van der Waals surface area contributed by atoms with Crippen molar-refractivity contribution < 1.29 is 46.0 Å². The molecule has 8 aliphatic carbocycles. The van der Waals surface area contributed by atoms with Crippen molar-refractivity contribution in [2.75, 3.05) is 118 Å². The lowest BCUT2D eigenvalue weighted by Crippen LogP contribution is -2.20. The van der Waals surface area contributed by atoms with Crippen molar-refractivity contribution in [3.8, 4) is 0 Å². The van der Waals surface area contributed by atoms with Crippen molar-refractivity contribution in [2.45, 2.75) is 301 Å². The van der Waals surface area contributed by atoms with Crippen molar-refractivity contribution in [3.63, 3.8) is 0 Å². The Morgan fingerprint density at radius 1 is 0.212 bits per heavy atom.